The lowest BCUT2D eigenvalue weighted by molar-refractivity contribution is 1.25. The van der Waals surface area contributed by atoms with E-state index in [1.807, 2.05) is 54.7 Å². The largest absolute Gasteiger partial charge is 0.254 e. The van der Waals surface area contributed by atoms with E-state index in [-0.39, 0.29) is 0 Å². The lowest BCUT2D eigenvalue weighted by Gasteiger charge is -2.13. The minimum absolute atomic E-state index is 0.781. The van der Waals surface area contributed by atoms with Gasteiger partial charge in [-0.3, -0.25) is 4.98 Å². The van der Waals surface area contributed by atoms with Crippen LogP contribution in [0.25, 0.3) is 88.4 Å². The second-order valence-electron chi connectivity index (χ2n) is 10.9. The third kappa shape index (κ3) is 3.91. The highest BCUT2D eigenvalue weighted by Crippen LogP contribution is 2.37. The van der Waals surface area contributed by atoms with Crippen molar-refractivity contribution >= 4 is 54.5 Å². The molecule has 4 aromatic carbocycles. The van der Waals surface area contributed by atoms with Crippen molar-refractivity contribution in [1.29, 1.82) is 0 Å². The molecule has 0 unspecified atom stereocenters. The molecule has 0 amide bonds. The molecule has 204 valence electrons. The number of benzene rings is 4. The van der Waals surface area contributed by atoms with Gasteiger partial charge in [0.05, 0.1) is 50.4 Å². The van der Waals surface area contributed by atoms with Crippen LogP contribution < -0.4 is 0 Å². The fraction of sp³-hybridized carbons (Fsp3) is 0. The molecule has 44 heavy (non-hydrogen) atoms. The zero-order chi connectivity index (χ0) is 29.0. The molecule has 0 aliphatic rings. The van der Waals surface area contributed by atoms with E-state index in [0.29, 0.717) is 0 Å². The molecule has 0 fully saturated rings. The Kier molecular flexibility index (Phi) is 5.43. The Morgan fingerprint density at radius 1 is 0.341 bits per heavy atom. The predicted molar refractivity (Wildman–Crippen MR) is 179 cm³/mol. The van der Waals surface area contributed by atoms with Crippen LogP contribution in [0.15, 0.2) is 140 Å². The normalized spacial score (nSPS) is 11.6. The smallest absolute Gasteiger partial charge is 0.0978 e. The van der Waals surface area contributed by atoms with E-state index in [1.165, 1.54) is 5.56 Å². The number of nitrogens with zero attached hydrogens (tertiary/aromatic N) is 5. The standard InChI is InChI=1S/C39H23N5/c1-2-8-24(9-3-1)35-28-11-4-5-12-30(28)42-39-29(35)20-17-27-19-22-34(44-38(27)39)32-14-6-13-31(41-32)33-21-18-26-16-15-25-10-7-23-40-36(25)37(26)43-33/h1-23H. The molecule has 5 heteroatoms. The van der Waals surface area contributed by atoms with Crippen LogP contribution in [-0.2, 0) is 0 Å². The van der Waals surface area contributed by atoms with Gasteiger partial charge in [-0.05, 0) is 42.0 Å². The van der Waals surface area contributed by atoms with Crippen LogP contribution in [0.1, 0.15) is 0 Å². The molecule has 5 aromatic heterocycles. The molecular formula is C39H23N5. The van der Waals surface area contributed by atoms with Crippen molar-refractivity contribution in [2.45, 2.75) is 0 Å². The van der Waals surface area contributed by atoms with Gasteiger partial charge in [0.1, 0.15) is 0 Å². The van der Waals surface area contributed by atoms with Gasteiger partial charge in [0.25, 0.3) is 0 Å². The maximum Gasteiger partial charge on any atom is 0.0978 e. The van der Waals surface area contributed by atoms with Crippen molar-refractivity contribution in [1.82, 2.24) is 24.9 Å². The van der Waals surface area contributed by atoms with Crippen LogP contribution in [0.4, 0.5) is 0 Å². The minimum Gasteiger partial charge on any atom is -0.254 e. The summed E-state index contributed by atoms with van der Waals surface area (Å²) in [7, 11) is 0. The zero-order valence-electron chi connectivity index (χ0n) is 23.5. The van der Waals surface area contributed by atoms with Gasteiger partial charge in [-0.25, -0.2) is 19.9 Å². The number of para-hydroxylation sites is 1. The van der Waals surface area contributed by atoms with E-state index in [9.17, 15) is 0 Å². The third-order valence-electron chi connectivity index (χ3n) is 8.28. The van der Waals surface area contributed by atoms with Crippen LogP contribution in [0.2, 0.25) is 0 Å². The molecule has 0 bridgehead atoms. The zero-order valence-corrected chi connectivity index (χ0v) is 23.5. The summed E-state index contributed by atoms with van der Waals surface area (Å²) >= 11 is 0. The minimum atomic E-state index is 0.781. The van der Waals surface area contributed by atoms with Crippen LogP contribution in [0.5, 0.6) is 0 Å². The molecule has 0 spiro atoms. The van der Waals surface area contributed by atoms with Gasteiger partial charge < -0.3 is 0 Å². The van der Waals surface area contributed by atoms with E-state index in [1.54, 1.807) is 0 Å². The van der Waals surface area contributed by atoms with Crippen molar-refractivity contribution in [3.63, 3.8) is 0 Å². The molecule has 0 saturated carbocycles. The molecule has 0 aliphatic carbocycles. The molecule has 0 N–H and O–H groups in total. The van der Waals surface area contributed by atoms with E-state index >= 15 is 0 Å². The van der Waals surface area contributed by atoms with E-state index in [4.69, 9.17) is 19.9 Å². The summed E-state index contributed by atoms with van der Waals surface area (Å²) in [6, 6.07) is 45.6. The first kappa shape index (κ1) is 24.5. The number of fused-ring (bicyclic) bond motifs is 7. The highest BCUT2D eigenvalue weighted by atomic mass is 14.8. The van der Waals surface area contributed by atoms with E-state index in [2.05, 4.69) is 89.9 Å². The van der Waals surface area contributed by atoms with Crippen molar-refractivity contribution in [2.24, 2.45) is 0 Å². The first-order chi connectivity index (χ1) is 21.8. The first-order valence-corrected chi connectivity index (χ1v) is 14.6. The third-order valence-corrected chi connectivity index (χ3v) is 8.28. The van der Waals surface area contributed by atoms with Gasteiger partial charge in [-0.15, -0.1) is 0 Å². The fourth-order valence-corrected chi connectivity index (χ4v) is 6.18. The van der Waals surface area contributed by atoms with Crippen LogP contribution >= 0.6 is 0 Å². The Balaban J connectivity index is 1.22. The van der Waals surface area contributed by atoms with Gasteiger partial charge in [0.15, 0.2) is 0 Å². The number of hydrogen-bond acceptors (Lipinski definition) is 5. The molecule has 0 saturated heterocycles. The Hall–Kier alpha value is -6.07. The predicted octanol–water partition coefficient (Wildman–Crippen LogP) is 9.43. The summed E-state index contributed by atoms with van der Waals surface area (Å²) in [5.74, 6) is 0. The number of aromatic nitrogens is 5. The molecule has 0 radical (unpaired) electrons. The monoisotopic (exact) mass is 561 g/mol. The molecule has 0 aliphatic heterocycles. The summed E-state index contributed by atoms with van der Waals surface area (Å²) in [6.07, 6.45) is 1.81. The lowest BCUT2D eigenvalue weighted by Crippen LogP contribution is -1.95. The highest BCUT2D eigenvalue weighted by Gasteiger charge is 2.15. The fourth-order valence-electron chi connectivity index (χ4n) is 6.18. The second-order valence-corrected chi connectivity index (χ2v) is 10.9. The molecule has 5 heterocycles. The van der Waals surface area contributed by atoms with Crippen LogP contribution in [0.3, 0.4) is 0 Å². The summed E-state index contributed by atoms with van der Waals surface area (Å²) < 4.78 is 0. The van der Waals surface area contributed by atoms with Crippen molar-refractivity contribution in [2.75, 3.05) is 0 Å². The summed E-state index contributed by atoms with van der Waals surface area (Å²) in [4.78, 5) is 25.0. The van der Waals surface area contributed by atoms with Gasteiger partial charge >= 0.3 is 0 Å². The topological polar surface area (TPSA) is 64.5 Å². The summed E-state index contributed by atoms with van der Waals surface area (Å²) in [5.41, 5.74) is 9.93. The lowest BCUT2D eigenvalue weighted by atomic mass is 9.95. The van der Waals surface area contributed by atoms with Gasteiger partial charge in [0.2, 0.25) is 0 Å². The van der Waals surface area contributed by atoms with Crippen LogP contribution in [-0.4, -0.2) is 24.9 Å². The molecule has 9 rings (SSSR count). The first-order valence-electron chi connectivity index (χ1n) is 14.6. The van der Waals surface area contributed by atoms with Crippen LogP contribution in [0, 0.1) is 0 Å². The van der Waals surface area contributed by atoms with E-state index < -0.39 is 0 Å². The quantitative estimate of drug-likeness (QED) is 0.159. The van der Waals surface area contributed by atoms with Crippen molar-refractivity contribution < 1.29 is 0 Å². The maximum atomic E-state index is 5.19. The van der Waals surface area contributed by atoms with Crippen molar-refractivity contribution in [3.05, 3.63) is 140 Å². The Morgan fingerprint density at radius 2 is 0.955 bits per heavy atom. The molecule has 0 atom stereocenters. The number of hydrogen-bond donors (Lipinski definition) is 0. The highest BCUT2D eigenvalue weighted by molar-refractivity contribution is 6.16. The number of rotatable bonds is 3. The summed E-state index contributed by atoms with van der Waals surface area (Å²) in [6.45, 7) is 0. The summed E-state index contributed by atoms with van der Waals surface area (Å²) in [5, 5.41) is 5.36. The average molecular weight is 562 g/mol. The Bertz CT molecular complexity index is 2560. The molecule has 5 nitrogen and oxygen atoms in total. The van der Waals surface area contributed by atoms with E-state index in [0.717, 1.165) is 82.9 Å². The molecular weight excluding hydrogens is 538 g/mol. The SMILES string of the molecule is c1ccc(-c2c3ccccc3nc3c2ccc2ccc(-c4cccc(-c5ccc6ccc7cccnc7c6n5)n4)nc23)cc1. The second kappa shape index (κ2) is 9.75. The maximum absolute atomic E-state index is 5.19. The number of pyridine rings is 5. The Labute approximate surface area is 252 Å². The van der Waals surface area contributed by atoms with Crippen molar-refractivity contribution in [3.8, 4) is 33.9 Å². The average Bonchev–Trinajstić information content (AvgIpc) is 3.10. The van der Waals surface area contributed by atoms with Gasteiger partial charge in [-0.1, -0.05) is 97.1 Å². The van der Waals surface area contributed by atoms with Gasteiger partial charge in [0, 0.05) is 38.7 Å². The van der Waals surface area contributed by atoms with Gasteiger partial charge in [-0.2, -0.15) is 0 Å². The molecule has 9 aromatic rings. The Morgan fingerprint density at radius 3 is 1.73 bits per heavy atom.